The molecule has 0 aromatic heterocycles. The summed E-state index contributed by atoms with van der Waals surface area (Å²) in [6.07, 6.45) is 1.68. The predicted octanol–water partition coefficient (Wildman–Crippen LogP) is 6.21. The third kappa shape index (κ3) is 3.55. The lowest BCUT2D eigenvalue weighted by Gasteiger charge is -2.17. The lowest BCUT2D eigenvalue weighted by molar-refractivity contribution is 0.0984. The Kier molecular flexibility index (Phi) is 4.52. The van der Waals surface area contributed by atoms with Crippen molar-refractivity contribution in [1.82, 2.24) is 0 Å². The first-order valence-corrected chi connectivity index (χ1v) is 9.84. The molecule has 1 N–H and O–H groups in total. The van der Waals surface area contributed by atoms with Crippen LogP contribution in [0.2, 0.25) is 0 Å². The van der Waals surface area contributed by atoms with Crippen molar-refractivity contribution >= 4 is 45.2 Å². The number of ketones is 1. The minimum atomic E-state index is -0.537. The number of Topliss-reactive ketones (excluding diaryl/α,β-unsaturated/α-hetero) is 1. The fourth-order valence-corrected chi connectivity index (χ4v) is 3.87. The van der Waals surface area contributed by atoms with Crippen molar-refractivity contribution in [2.45, 2.75) is 6.42 Å². The Bertz CT molecular complexity index is 1320. The van der Waals surface area contributed by atoms with Crippen molar-refractivity contribution in [2.75, 3.05) is 11.9 Å². The summed E-state index contributed by atoms with van der Waals surface area (Å²) in [5.41, 5.74) is 3.04. The molecule has 1 aliphatic carbocycles. The predicted molar refractivity (Wildman–Crippen MR) is 120 cm³/mol. The van der Waals surface area contributed by atoms with Gasteiger partial charge < -0.3 is 4.74 Å². The summed E-state index contributed by atoms with van der Waals surface area (Å²) in [5, 5.41) is 7.13. The van der Waals surface area contributed by atoms with Crippen LogP contribution in [0, 0.1) is 0 Å². The Morgan fingerprint density at radius 3 is 2.23 bits per heavy atom. The maximum Gasteiger partial charge on any atom is 0.411 e. The average molecular weight is 393 g/mol. The second kappa shape index (κ2) is 7.48. The maximum atomic E-state index is 12.7. The highest BCUT2D eigenvalue weighted by Crippen LogP contribution is 2.31. The highest BCUT2D eigenvalue weighted by Gasteiger charge is 2.20. The zero-order chi connectivity index (χ0) is 20.5. The number of anilines is 1. The topological polar surface area (TPSA) is 55.4 Å². The van der Waals surface area contributed by atoms with E-state index in [1.165, 1.54) is 0 Å². The van der Waals surface area contributed by atoms with Gasteiger partial charge in [0.2, 0.25) is 0 Å². The van der Waals surface area contributed by atoms with Gasteiger partial charge in [-0.05, 0) is 69.1 Å². The lowest BCUT2D eigenvalue weighted by atomic mass is 9.88. The summed E-state index contributed by atoms with van der Waals surface area (Å²) in [6.45, 7) is 0.0829. The van der Waals surface area contributed by atoms with E-state index in [0.717, 1.165) is 38.2 Å². The smallest absolute Gasteiger partial charge is 0.411 e. The van der Waals surface area contributed by atoms with Crippen molar-refractivity contribution in [3.8, 4) is 0 Å². The number of hydrogen-bond acceptors (Lipinski definition) is 3. The first-order chi connectivity index (χ1) is 14.7. The van der Waals surface area contributed by atoms with E-state index in [1.54, 1.807) is 12.1 Å². The van der Waals surface area contributed by atoms with Gasteiger partial charge in [0.15, 0.2) is 5.78 Å². The standard InChI is InChI=1S/C26H19NO3/c28-25-11-17(16-30-26(29)27-23-8-2-1-3-9-23)10-22-14-20-12-18-6-4-5-7-19(18)13-21(20)15-24(22)25/h1-10,12-15H,11,16H2,(H,27,29). The molecule has 4 aromatic rings. The van der Waals surface area contributed by atoms with Crippen molar-refractivity contribution in [2.24, 2.45) is 0 Å². The molecule has 0 saturated heterocycles. The Morgan fingerprint density at radius 1 is 0.833 bits per heavy atom. The second-order valence-electron chi connectivity index (χ2n) is 7.46. The number of carbonyl (C=O) groups excluding carboxylic acids is 2. The molecule has 0 atom stereocenters. The molecule has 0 fully saturated rings. The van der Waals surface area contributed by atoms with E-state index >= 15 is 0 Å². The molecule has 4 heteroatoms. The largest absolute Gasteiger partial charge is 0.445 e. The molecule has 0 bridgehead atoms. The molecule has 0 heterocycles. The number of carbonyl (C=O) groups is 2. The van der Waals surface area contributed by atoms with Crippen LogP contribution in [0.4, 0.5) is 10.5 Å². The molecule has 5 rings (SSSR count). The van der Waals surface area contributed by atoms with Crippen LogP contribution in [0.15, 0.2) is 84.4 Å². The number of nitrogens with one attached hydrogen (secondary N) is 1. The van der Waals surface area contributed by atoms with Gasteiger partial charge in [-0.25, -0.2) is 4.79 Å². The van der Waals surface area contributed by atoms with E-state index in [4.69, 9.17) is 4.74 Å². The van der Waals surface area contributed by atoms with Crippen molar-refractivity contribution in [3.63, 3.8) is 0 Å². The molecule has 4 nitrogen and oxygen atoms in total. The first kappa shape index (κ1) is 18.1. The van der Waals surface area contributed by atoms with Crippen molar-refractivity contribution in [3.05, 3.63) is 95.6 Å². The van der Waals surface area contributed by atoms with Crippen molar-refractivity contribution in [1.29, 1.82) is 0 Å². The van der Waals surface area contributed by atoms with E-state index in [2.05, 4.69) is 29.6 Å². The summed E-state index contributed by atoms with van der Waals surface area (Å²) >= 11 is 0. The summed E-state index contributed by atoms with van der Waals surface area (Å²) in [5.74, 6) is 0.0460. The highest BCUT2D eigenvalue weighted by atomic mass is 16.5. The van der Waals surface area contributed by atoms with Crippen LogP contribution in [-0.4, -0.2) is 18.5 Å². The quantitative estimate of drug-likeness (QED) is 0.421. The van der Waals surface area contributed by atoms with Gasteiger partial charge in [-0.3, -0.25) is 10.1 Å². The minimum Gasteiger partial charge on any atom is -0.445 e. The molecule has 0 radical (unpaired) electrons. The SMILES string of the molecule is O=C(Nc1ccccc1)OCC1=Cc2cc3cc4ccccc4cc3cc2C(=O)C1. The van der Waals surface area contributed by atoms with Crippen LogP contribution in [0.3, 0.4) is 0 Å². The summed E-state index contributed by atoms with van der Waals surface area (Å²) in [6, 6.07) is 25.6. The van der Waals surface area contributed by atoms with Crippen LogP contribution in [0.25, 0.3) is 27.6 Å². The third-order valence-electron chi connectivity index (χ3n) is 5.33. The molecular weight excluding hydrogens is 374 g/mol. The molecule has 146 valence electrons. The Balaban J connectivity index is 1.39. The van der Waals surface area contributed by atoms with E-state index in [1.807, 2.05) is 48.5 Å². The number of para-hydroxylation sites is 1. The monoisotopic (exact) mass is 393 g/mol. The van der Waals surface area contributed by atoms with Gasteiger partial charge in [-0.15, -0.1) is 0 Å². The van der Waals surface area contributed by atoms with Gasteiger partial charge in [0.05, 0.1) is 0 Å². The molecule has 0 spiro atoms. The maximum absolute atomic E-state index is 12.7. The molecule has 1 amide bonds. The molecule has 4 aromatic carbocycles. The normalized spacial score (nSPS) is 13.1. The Labute approximate surface area is 173 Å². The first-order valence-electron chi connectivity index (χ1n) is 9.84. The summed E-state index contributed by atoms with van der Waals surface area (Å²) < 4.78 is 5.32. The number of amides is 1. The second-order valence-corrected chi connectivity index (χ2v) is 7.46. The number of benzene rings is 4. The van der Waals surface area contributed by atoms with Crippen LogP contribution < -0.4 is 5.32 Å². The van der Waals surface area contributed by atoms with Crippen molar-refractivity contribution < 1.29 is 14.3 Å². The number of ether oxygens (including phenoxy) is 1. The minimum absolute atomic E-state index is 0.0460. The summed E-state index contributed by atoms with van der Waals surface area (Å²) in [4.78, 5) is 24.8. The fourth-order valence-electron chi connectivity index (χ4n) is 3.87. The van der Waals surface area contributed by atoms with Crippen LogP contribution in [-0.2, 0) is 4.74 Å². The van der Waals surface area contributed by atoms with Gasteiger partial charge in [0.25, 0.3) is 0 Å². The summed E-state index contributed by atoms with van der Waals surface area (Å²) in [7, 11) is 0. The molecule has 0 saturated carbocycles. The average Bonchev–Trinajstić information content (AvgIpc) is 2.76. The van der Waals surface area contributed by atoms with E-state index in [9.17, 15) is 9.59 Å². The van der Waals surface area contributed by atoms with E-state index in [0.29, 0.717) is 5.69 Å². The van der Waals surface area contributed by atoms with Gasteiger partial charge in [-0.2, -0.15) is 0 Å². The van der Waals surface area contributed by atoms with E-state index in [-0.39, 0.29) is 18.8 Å². The van der Waals surface area contributed by atoms with Crippen LogP contribution in [0.1, 0.15) is 22.3 Å². The fraction of sp³-hybridized carbons (Fsp3) is 0.0769. The molecule has 1 aliphatic rings. The number of hydrogen-bond donors (Lipinski definition) is 1. The number of fused-ring (bicyclic) bond motifs is 3. The van der Waals surface area contributed by atoms with E-state index < -0.39 is 6.09 Å². The van der Waals surface area contributed by atoms with Gasteiger partial charge in [-0.1, -0.05) is 48.5 Å². The zero-order valence-electron chi connectivity index (χ0n) is 16.2. The molecule has 0 unspecified atom stereocenters. The van der Waals surface area contributed by atoms with Gasteiger partial charge in [0.1, 0.15) is 6.61 Å². The lowest BCUT2D eigenvalue weighted by Crippen LogP contribution is -2.17. The Hall–Kier alpha value is -3.92. The van der Waals surface area contributed by atoms with Gasteiger partial charge >= 0.3 is 6.09 Å². The molecule has 30 heavy (non-hydrogen) atoms. The zero-order valence-corrected chi connectivity index (χ0v) is 16.2. The molecular formula is C26H19NO3. The third-order valence-corrected chi connectivity index (χ3v) is 5.33. The van der Waals surface area contributed by atoms with Gasteiger partial charge in [0, 0.05) is 17.7 Å². The van der Waals surface area contributed by atoms with Crippen LogP contribution in [0.5, 0.6) is 0 Å². The highest BCUT2D eigenvalue weighted by molar-refractivity contribution is 6.09. The number of rotatable bonds is 3. The Morgan fingerprint density at radius 2 is 1.50 bits per heavy atom. The molecule has 0 aliphatic heterocycles. The van der Waals surface area contributed by atoms with Crippen LogP contribution >= 0.6 is 0 Å².